The minimum absolute atomic E-state index is 0.0692. The second kappa shape index (κ2) is 8.30. The molecule has 0 aliphatic carbocycles. The van der Waals surface area contributed by atoms with E-state index < -0.39 is 0 Å². The zero-order valence-corrected chi connectivity index (χ0v) is 16.9. The van der Waals surface area contributed by atoms with Crippen LogP contribution >= 0.6 is 11.6 Å². The molecule has 0 unspecified atom stereocenters. The van der Waals surface area contributed by atoms with Gasteiger partial charge in [-0.15, -0.1) is 0 Å². The molecule has 2 amide bonds. The number of amides is 2. The monoisotopic (exact) mass is 390 g/mol. The Bertz CT molecular complexity index is 832. The van der Waals surface area contributed by atoms with Crippen LogP contribution in [0.15, 0.2) is 24.5 Å². The molecule has 27 heavy (non-hydrogen) atoms. The molecule has 146 valence electrons. The third kappa shape index (κ3) is 4.61. The highest BCUT2D eigenvalue weighted by atomic mass is 35.5. The highest BCUT2D eigenvalue weighted by molar-refractivity contribution is 6.30. The maximum Gasteiger partial charge on any atom is 0.274 e. The number of rotatable bonds is 5. The number of hydrogen-bond donors (Lipinski definition) is 1. The van der Waals surface area contributed by atoms with Crippen molar-refractivity contribution in [2.75, 3.05) is 13.1 Å². The maximum absolute atomic E-state index is 12.9. The molecule has 0 spiro atoms. The zero-order chi connectivity index (χ0) is 19.6. The average molecular weight is 391 g/mol. The second-order valence-electron chi connectivity index (χ2n) is 7.72. The number of carbonyl (C=O) groups is 2. The summed E-state index contributed by atoms with van der Waals surface area (Å²) in [5.74, 6) is 0.631. The van der Waals surface area contributed by atoms with E-state index in [-0.39, 0.29) is 23.8 Å². The molecule has 1 fully saturated rings. The number of aromatic nitrogens is 2. The number of hydrogen-bond acceptors (Lipinski definition) is 3. The molecule has 2 atom stereocenters. The summed E-state index contributed by atoms with van der Waals surface area (Å²) in [5, 5.41) is 3.77. The van der Waals surface area contributed by atoms with Crippen LogP contribution in [0.3, 0.4) is 0 Å². The summed E-state index contributed by atoms with van der Waals surface area (Å²) >= 11 is 6.00. The molecule has 2 aromatic heterocycles. The summed E-state index contributed by atoms with van der Waals surface area (Å²) < 4.78 is 1.77. The Labute approximate surface area is 164 Å². The van der Waals surface area contributed by atoms with Crippen molar-refractivity contribution in [1.82, 2.24) is 19.6 Å². The van der Waals surface area contributed by atoms with Crippen LogP contribution in [0, 0.1) is 11.8 Å². The van der Waals surface area contributed by atoms with Crippen molar-refractivity contribution in [2.24, 2.45) is 11.8 Å². The third-order valence-electron chi connectivity index (χ3n) is 5.12. The van der Waals surface area contributed by atoms with Crippen LogP contribution < -0.4 is 5.32 Å². The fourth-order valence-corrected chi connectivity index (χ4v) is 3.85. The molecule has 1 saturated heterocycles. The number of carbonyl (C=O) groups excluding carboxylic acids is 2. The highest BCUT2D eigenvalue weighted by Gasteiger charge is 2.32. The Balaban J connectivity index is 1.67. The van der Waals surface area contributed by atoms with E-state index in [2.05, 4.69) is 17.2 Å². The van der Waals surface area contributed by atoms with Crippen molar-refractivity contribution >= 4 is 29.1 Å². The predicted molar refractivity (Wildman–Crippen MR) is 106 cm³/mol. The Kier molecular flexibility index (Phi) is 6.05. The number of likely N-dealkylation sites (tertiary alicyclic amines) is 1. The van der Waals surface area contributed by atoms with Crippen molar-refractivity contribution in [1.29, 1.82) is 0 Å². The Hall–Kier alpha value is -2.08. The van der Waals surface area contributed by atoms with E-state index in [1.165, 1.54) is 0 Å². The standard InChI is InChI=1S/C20H27ClN4O2/c1-4-14-10-24(8-7-16(14)23-19(26)9-13(2)3)20(27)17-12-25-11-15(21)5-6-18(25)22-17/h5-6,11-14,16H,4,7-10H2,1-3H3,(H,23,26)/t14-,16+/m1/s1. The molecule has 1 aliphatic heterocycles. The number of fused-ring (bicyclic) bond motifs is 1. The van der Waals surface area contributed by atoms with Gasteiger partial charge in [-0.05, 0) is 36.8 Å². The van der Waals surface area contributed by atoms with Crippen molar-refractivity contribution < 1.29 is 9.59 Å². The van der Waals surface area contributed by atoms with Crippen LogP contribution in [0.2, 0.25) is 5.02 Å². The second-order valence-corrected chi connectivity index (χ2v) is 8.16. The topological polar surface area (TPSA) is 66.7 Å². The van der Waals surface area contributed by atoms with Crippen molar-refractivity contribution in [2.45, 2.75) is 46.1 Å². The molecular formula is C20H27ClN4O2. The van der Waals surface area contributed by atoms with Crippen LogP contribution in [-0.2, 0) is 4.79 Å². The summed E-state index contributed by atoms with van der Waals surface area (Å²) in [7, 11) is 0. The largest absolute Gasteiger partial charge is 0.353 e. The normalized spacial score (nSPS) is 20.3. The quantitative estimate of drug-likeness (QED) is 0.850. The van der Waals surface area contributed by atoms with Crippen LogP contribution in [0.4, 0.5) is 0 Å². The number of imidazole rings is 1. The average Bonchev–Trinajstić information content (AvgIpc) is 3.03. The van der Waals surface area contributed by atoms with Gasteiger partial charge in [0.2, 0.25) is 5.91 Å². The molecule has 1 aliphatic rings. The van der Waals surface area contributed by atoms with E-state index >= 15 is 0 Å². The number of nitrogens with zero attached hydrogens (tertiary/aromatic N) is 3. The van der Waals surface area contributed by atoms with Crippen LogP contribution in [0.1, 0.15) is 50.5 Å². The minimum atomic E-state index is -0.0692. The van der Waals surface area contributed by atoms with E-state index in [0.29, 0.717) is 41.8 Å². The maximum atomic E-state index is 12.9. The SMILES string of the molecule is CC[C@@H]1CN(C(=O)c2cn3cc(Cl)ccc3n2)CC[C@@H]1NC(=O)CC(C)C. The third-order valence-corrected chi connectivity index (χ3v) is 5.34. The van der Waals surface area contributed by atoms with Crippen molar-refractivity contribution in [3.05, 3.63) is 35.2 Å². The van der Waals surface area contributed by atoms with Gasteiger partial charge in [-0.25, -0.2) is 4.98 Å². The summed E-state index contributed by atoms with van der Waals surface area (Å²) in [4.78, 5) is 31.3. The first-order valence-corrected chi connectivity index (χ1v) is 9.98. The summed E-state index contributed by atoms with van der Waals surface area (Å²) in [5.41, 5.74) is 1.13. The number of pyridine rings is 1. The zero-order valence-electron chi connectivity index (χ0n) is 16.1. The van der Waals surface area contributed by atoms with Gasteiger partial charge in [-0.1, -0.05) is 32.4 Å². The fourth-order valence-electron chi connectivity index (χ4n) is 3.69. The Morgan fingerprint density at radius 1 is 1.33 bits per heavy atom. The van der Waals surface area contributed by atoms with Gasteiger partial charge in [0.05, 0.1) is 5.02 Å². The molecule has 2 aromatic rings. The van der Waals surface area contributed by atoms with Crippen LogP contribution in [-0.4, -0.2) is 45.2 Å². The Morgan fingerprint density at radius 3 is 2.81 bits per heavy atom. The van der Waals surface area contributed by atoms with Crippen molar-refractivity contribution in [3.8, 4) is 0 Å². The smallest absolute Gasteiger partial charge is 0.274 e. The first kappa shape index (κ1) is 19.7. The summed E-state index contributed by atoms with van der Waals surface area (Å²) in [6.07, 6.45) is 5.69. The van der Waals surface area contributed by atoms with E-state index in [9.17, 15) is 9.59 Å². The molecule has 0 aromatic carbocycles. The lowest BCUT2D eigenvalue weighted by Crippen LogP contribution is -2.52. The Morgan fingerprint density at radius 2 is 2.11 bits per heavy atom. The molecule has 0 saturated carbocycles. The van der Waals surface area contributed by atoms with E-state index in [1.54, 1.807) is 28.9 Å². The van der Waals surface area contributed by atoms with Gasteiger partial charge in [-0.2, -0.15) is 0 Å². The van der Waals surface area contributed by atoms with E-state index in [1.807, 2.05) is 18.7 Å². The highest BCUT2D eigenvalue weighted by Crippen LogP contribution is 2.22. The molecule has 0 bridgehead atoms. The van der Waals surface area contributed by atoms with Gasteiger partial charge in [0.15, 0.2) is 0 Å². The van der Waals surface area contributed by atoms with Gasteiger partial charge >= 0.3 is 0 Å². The number of halogens is 1. The van der Waals surface area contributed by atoms with Gasteiger partial charge in [0.1, 0.15) is 11.3 Å². The van der Waals surface area contributed by atoms with Crippen molar-refractivity contribution in [3.63, 3.8) is 0 Å². The number of nitrogens with one attached hydrogen (secondary N) is 1. The fraction of sp³-hybridized carbons (Fsp3) is 0.550. The molecule has 6 nitrogen and oxygen atoms in total. The molecule has 3 rings (SSSR count). The van der Waals surface area contributed by atoms with Gasteiger partial charge in [0.25, 0.3) is 5.91 Å². The lowest BCUT2D eigenvalue weighted by molar-refractivity contribution is -0.123. The molecular weight excluding hydrogens is 364 g/mol. The first-order chi connectivity index (χ1) is 12.9. The van der Waals surface area contributed by atoms with E-state index in [0.717, 1.165) is 12.8 Å². The molecule has 7 heteroatoms. The number of piperidine rings is 1. The lowest BCUT2D eigenvalue weighted by Gasteiger charge is -2.38. The minimum Gasteiger partial charge on any atom is -0.353 e. The van der Waals surface area contributed by atoms with Gasteiger partial charge in [-0.3, -0.25) is 9.59 Å². The summed E-state index contributed by atoms with van der Waals surface area (Å²) in [6, 6.07) is 3.69. The molecule has 3 heterocycles. The van der Waals surface area contributed by atoms with E-state index in [4.69, 9.17) is 11.6 Å². The van der Waals surface area contributed by atoms with Crippen LogP contribution in [0.5, 0.6) is 0 Å². The first-order valence-electron chi connectivity index (χ1n) is 9.60. The predicted octanol–water partition coefficient (Wildman–Crippen LogP) is 3.39. The van der Waals surface area contributed by atoms with Crippen LogP contribution in [0.25, 0.3) is 5.65 Å². The molecule has 1 N–H and O–H groups in total. The molecule has 0 radical (unpaired) electrons. The van der Waals surface area contributed by atoms with Gasteiger partial charge in [0, 0.05) is 37.9 Å². The van der Waals surface area contributed by atoms with Gasteiger partial charge < -0.3 is 14.6 Å². The summed E-state index contributed by atoms with van der Waals surface area (Å²) in [6.45, 7) is 7.45. The lowest BCUT2D eigenvalue weighted by atomic mass is 9.89.